The summed E-state index contributed by atoms with van der Waals surface area (Å²) in [5.74, 6) is 0.552. The fourth-order valence-electron chi connectivity index (χ4n) is 2.36. The molecule has 0 aromatic heterocycles. The zero-order valence-corrected chi connectivity index (χ0v) is 13.1. The maximum absolute atomic E-state index is 12.0. The Morgan fingerprint density at radius 1 is 1.18 bits per heavy atom. The summed E-state index contributed by atoms with van der Waals surface area (Å²) >= 11 is 0. The van der Waals surface area contributed by atoms with Crippen molar-refractivity contribution >= 4 is 11.6 Å². The zero-order valence-electron chi connectivity index (χ0n) is 13.1. The Morgan fingerprint density at radius 3 is 2.55 bits per heavy atom. The van der Waals surface area contributed by atoms with Crippen LogP contribution in [-0.4, -0.2) is 12.5 Å². The van der Waals surface area contributed by atoms with Crippen LogP contribution in [0.1, 0.15) is 16.7 Å². The number of rotatable bonds is 6. The zero-order chi connectivity index (χ0) is 15.9. The first-order valence-corrected chi connectivity index (χ1v) is 7.28. The molecule has 0 saturated heterocycles. The van der Waals surface area contributed by atoms with E-state index in [1.165, 1.54) is 0 Å². The monoisotopic (exact) mass is 295 g/mol. The summed E-state index contributed by atoms with van der Waals surface area (Å²) in [6, 6.07) is 13.6. The van der Waals surface area contributed by atoms with Gasteiger partial charge in [0.05, 0.1) is 0 Å². The highest BCUT2D eigenvalue weighted by molar-refractivity contribution is 5.92. The number of carbonyl (C=O) groups is 1. The van der Waals surface area contributed by atoms with Crippen LogP contribution in [0.25, 0.3) is 0 Å². The van der Waals surface area contributed by atoms with Gasteiger partial charge in [0.15, 0.2) is 6.61 Å². The van der Waals surface area contributed by atoms with Crippen molar-refractivity contribution in [3.63, 3.8) is 0 Å². The lowest BCUT2D eigenvalue weighted by atomic mass is 10.1. The molecule has 3 heteroatoms. The maximum Gasteiger partial charge on any atom is 0.262 e. The van der Waals surface area contributed by atoms with E-state index in [-0.39, 0.29) is 12.5 Å². The molecule has 0 atom stereocenters. The quantitative estimate of drug-likeness (QED) is 0.816. The highest BCUT2D eigenvalue weighted by atomic mass is 16.5. The molecule has 0 spiro atoms. The second-order valence-electron chi connectivity index (χ2n) is 5.31. The summed E-state index contributed by atoms with van der Waals surface area (Å²) in [4.78, 5) is 12.0. The first-order valence-electron chi connectivity index (χ1n) is 7.28. The minimum absolute atomic E-state index is 0.0128. The molecule has 22 heavy (non-hydrogen) atoms. The van der Waals surface area contributed by atoms with Crippen molar-refractivity contribution in [1.82, 2.24) is 0 Å². The number of aryl methyl sites for hydroxylation is 2. The van der Waals surface area contributed by atoms with E-state index in [1.54, 1.807) is 0 Å². The normalized spacial score (nSPS) is 10.1. The average molecular weight is 295 g/mol. The molecule has 0 aliphatic carbocycles. The van der Waals surface area contributed by atoms with Crippen molar-refractivity contribution < 1.29 is 9.53 Å². The van der Waals surface area contributed by atoms with Crippen molar-refractivity contribution in [3.8, 4) is 5.75 Å². The van der Waals surface area contributed by atoms with E-state index in [0.717, 1.165) is 34.5 Å². The number of amides is 1. The molecule has 0 saturated carbocycles. The van der Waals surface area contributed by atoms with Crippen molar-refractivity contribution in [2.45, 2.75) is 20.3 Å². The van der Waals surface area contributed by atoms with Gasteiger partial charge in [-0.05, 0) is 55.2 Å². The predicted octanol–water partition coefficient (Wildman–Crippen LogP) is 4.05. The van der Waals surface area contributed by atoms with E-state index in [4.69, 9.17) is 4.74 Å². The Morgan fingerprint density at radius 2 is 1.86 bits per heavy atom. The summed E-state index contributed by atoms with van der Waals surface area (Å²) in [6.07, 6.45) is 2.53. The van der Waals surface area contributed by atoms with Crippen molar-refractivity contribution in [1.29, 1.82) is 0 Å². The number of allylic oxidation sites excluding steroid dienone is 1. The van der Waals surface area contributed by atoms with Gasteiger partial charge in [-0.3, -0.25) is 4.79 Å². The largest absolute Gasteiger partial charge is 0.483 e. The van der Waals surface area contributed by atoms with Crippen LogP contribution in [0.2, 0.25) is 0 Å². The number of anilines is 1. The van der Waals surface area contributed by atoms with Gasteiger partial charge in [-0.2, -0.15) is 0 Å². The highest BCUT2D eigenvalue weighted by Crippen LogP contribution is 2.19. The van der Waals surface area contributed by atoms with Crippen LogP contribution in [-0.2, 0) is 11.2 Å². The topological polar surface area (TPSA) is 38.3 Å². The summed E-state index contributed by atoms with van der Waals surface area (Å²) in [6.45, 7) is 7.73. The van der Waals surface area contributed by atoms with Crippen LogP contribution < -0.4 is 10.1 Å². The van der Waals surface area contributed by atoms with Crippen LogP contribution in [0.3, 0.4) is 0 Å². The summed E-state index contributed by atoms with van der Waals surface area (Å²) < 4.78 is 5.62. The second-order valence-corrected chi connectivity index (χ2v) is 5.31. The molecule has 0 aliphatic rings. The Labute approximate surface area is 131 Å². The van der Waals surface area contributed by atoms with E-state index in [2.05, 4.69) is 18.0 Å². The summed E-state index contributed by atoms with van der Waals surface area (Å²) in [5.41, 5.74) is 4.06. The molecule has 0 aliphatic heterocycles. The molecule has 0 radical (unpaired) electrons. The van der Waals surface area contributed by atoms with Crippen LogP contribution in [0, 0.1) is 13.8 Å². The lowest BCUT2D eigenvalue weighted by molar-refractivity contribution is -0.118. The van der Waals surface area contributed by atoms with Crippen molar-refractivity contribution in [2.24, 2.45) is 0 Å². The number of hydrogen-bond donors (Lipinski definition) is 1. The molecule has 0 unspecified atom stereocenters. The van der Waals surface area contributed by atoms with Crippen molar-refractivity contribution in [2.75, 3.05) is 11.9 Å². The number of carbonyl (C=O) groups excluding carboxylic acids is 1. The number of para-hydroxylation sites is 1. The van der Waals surface area contributed by atoms with E-state index >= 15 is 0 Å². The van der Waals surface area contributed by atoms with Gasteiger partial charge in [-0.1, -0.05) is 30.3 Å². The minimum Gasteiger partial charge on any atom is -0.483 e. The lowest BCUT2D eigenvalue weighted by Gasteiger charge is -2.11. The van der Waals surface area contributed by atoms with E-state index in [9.17, 15) is 4.79 Å². The van der Waals surface area contributed by atoms with Crippen LogP contribution in [0.15, 0.2) is 55.1 Å². The SMILES string of the molecule is C=CCc1ccccc1OCC(=O)Nc1cc(C)cc(C)c1. The molecule has 2 rings (SSSR count). The first-order chi connectivity index (χ1) is 10.6. The van der Waals surface area contributed by atoms with Gasteiger partial charge < -0.3 is 10.1 Å². The number of ether oxygens (including phenoxy) is 1. The Balaban J connectivity index is 1.97. The predicted molar refractivity (Wildman–Crippen MR) is 90.4 cm³/mol. The van der Waals surface area contributed by atoms with Gasteiger partial charge in [-0.25, -0.2) is 0 Å². The fourth-order valence-corrected chi connectivity index (χ4v) is 2.36. The maximum atomic E-state index is 12.0. The summed E-state index contributed by atoms with van der Waals surface area (Å²) in [5, 5.41) is 2.86. The highest BCUT2D eigenvalue weighted by Gasteiger charge is 2.07. The van der Waals surface area contributed by atoms with Gasteiger partial charge in [0, 0.05) is 5.69 Å². The number of benzene rings is 2. The van der Waals surface area contributed by atoms with E-state index in [1.807, 2.05) is 56.3 Å². The fraction of sp³-hybridized carbons (Fsp3) is 0.211. The molecule has 2 aromatic rings. The van der Waals surface area contributed by atoms with Crippen LogP contribution in [0.5, 0.6) is 5.75 Å². The molecule has 1 amide bonds. The minimum atomic E-state index is -0.168. The Hall–Kier alpha value is -2.55. The van der Waals surface area contributed by atoms with Crippen LogP contribution >= 0.6 is 0 Å². The smallest absolute Gasteiger partial charge is 0.262 e. The average Bonchev–Trinajstić information content (AvgIpc) is 2.45. The third-order valence-corrected chi connectivity index (χ3v) is 3.20. The molecule has 1 N–H and O–H groups in total. The third kappa shape index (κ3) is 4.48. The molecular formula is C19H21NO2. The number of hydrogen-bond acceptors (Lipinski definition) is 2. The molecule has 3 nitrogen and oxygen atoms in total. The standard InChI is InChI=1S/C19H21NO2/c1-4-7-16-8-5-6-9-18(16)22-13-19(21)20-17-11-14(2)10-15(3)12-17/h4-6,8-12H,1,7,13H2,2-3H3,(H,20,21). The molecule has 0 bridgehead atoms. The van der Waals surface area contributed by atoms with Crippen molar-refractivity contribution in [3.05, 3.63) is 71.8 Å². The van der Waals surface area contributed by atoms with Crippen LogP contribution in [0.4, 0.5) is 5.69 Å². The summed E-state index contributed by atoms with van der Waals surface area (Å²) in [7, 11) is 0. The Bertz CT molecular complexity index is 657. The molecule has 2 aromatic carbocycles. The molecule has 0 fully saturated rings. The lowest BCUT2D eigenvalue weighted by Crippen LogP contribution is -2.20. The van der Waals surface area contributed by atoms with Gasteiger partial charge in [0.2, 0.25) is 0 Å². The first kappa shape index (κ1) is 15.8. The van der Waals surface area contributed by atoms with Gasteiger partial charge in [-0.15, -0.1) is 6.58 Å². The third-order valence-electron chi connectivity index (χ3n) is 3.20. The number of nitrogens with one attached hydrogen (secondary N) is 1. The molecule has 114 valence electrons. The van der Waals surface area contributed by atoms with E-state index < -0.39 is 0 Å². The van der Waals surface area contributed by atoms with Gasteiger partial charge in [0.1, 0.15) is 5.75 Å². The molecular weight excluding hydrogens is 274 g/mol. The molecule has 0 heterocycles. The van der Waals surface area contributed by atoms with Gasteiger partial charge >= 0.3 is 0 Å². The van der Waals surface area contributed by atoms with E-state index in [0.29, 0.717) is 0 Å². The second kappa shape index (κ2) is 7.46. The van der Waals surface area contributed by atoms with Gasteiger partial charge in [0.25, 0.3) is 5.91 Å². The Kier molecular flexibility index (Phi) is 5.37.